The number of nitrogens with one attached hydrogen (secondary N) is 2. The zero-order chi connectivity index (χ0) is 26.8. The molecule has 0 bridgehead atoms. The van der Waals surface area contributed by atoms with Gasteiger partial charge in [0.05, 0.1) is 29.9 Å². The van der Waals surface area contributed by atoms with E-state index < -0.39 is 0 Å². The number of carbonyl (C=O) groups excluding carboxylic acids is 1. The highest BCUT2D eigenvalue weighted by Gasteiger charge is 2.16. The molecule has 0 unspecified atom stereocenters. The minimum absolute atomic E-state index is 0.193. The first-order valence-electron chi connectivity index (χ1n) is 13.0. The molecule has 1 fully saturated rings. The topological polar surface area (TPSA) is 97.2 Å². The summed E-state index contributed by atoms with van der Waals surface area (Å²) in [6.07, 6.45) is 0. The van der Waals surface area contributed by atoms with E-state index in [-0.39, 0.29) is 5.91 Å². The number of rotatable bonds is 6. The first-order chi connectivity index (χ1) is 19.0. The smallest absolute Gasteiger partial charge is 0.255 e. The van der Waals surface area contributed by atoms with E-state index in [9.17, 15) is 4.79 Å². The van der Waals surface area contributed by atoms with Crippen molar-refractivity contribution < 1.29 is 9.53 Å². The SMILES string of the molecule is Cc1cc(C)n(-c2nc3ccccc3nc2Nc2cccc(C(=O)Nc3ccc(N4CCOCC4)cc3)c2)n1. The van der Waals surface area contributed by atoms with Crippen molar-refractivity contribution in [1.29, 1.82) is 0 Å². The Labute approximate surface area is 226 Å². The zero-order valence-electron chi connectivity index (χ0n) is 21.9. The maximum Gasteiger partial charge on any atom is 0.255 e. The quantitative estimate of drug-likeness (QED) is 0.316. The summed E-state index contributed by atoms with van der Waals surface area (Å²) in [6.45, 7) is 7.14. The van der Waals surface area contributed by atoms with E-state index >= 15 is 0 Å². The number of hydrogen-bond donors (Lipinski definition) is 2. The fraction of sp³-hybridized carbons (Fsp3) is 0.200. The van der Waals surface area contributed by atoms with Gasteiger partial charge in [0.1, 0.15) is 0 Å². The van der Waals surface area contributed by atoms with Crippen LogP contribution in [0.1, 0.15) is 21.7 Å². The molecule has 0 radical (unpaired) electrons. The lowest BCUT2D eigenvalue weighted by Gasteiger charge is -2.28. The lowest BCUT2D eigenvalue weighted by Crippen LogP contribution is -2.36. The summed E-state index contributed by atoms with van der Waals surface area (Å²) in [4.78, 5) is 25.1. The number of ether oxygens (including phenoxy) is 1. The van der Waals surface area contributed by atoms with Gasteiger partial charge in [0.15, 0.2) is 11.6 Å². The highest BCUT2D eigenvalue weighted by molar-refractivity contribution is 6.05. The maximum absolute atomic E-state index is 13.1. The van der Waals surface area contributed by atoms with E-state index in [1.165, 1.54) is 0 Å². The second-order valence-electron chi connectivity index (χ2n) is 9.53. The summed E-state index contributed by atoms with van der Waals surface area (Å²) in [7, 11) is 0. The molecule has 1 saturated heterocycles. The van der Waals surface area contributed by atoms with Crippen molar-refractivity contribution >= 4 is 39.8 Å². The van der Waals surface area contributed by atoms with Crippen LogP contribution in [0, 0.1) is 13.8 Å². The molecule has 1 aliphatic rings. The molecule has 5 aromatic rings. The van der Waals surface area contributed by atoms with E-state index in [1.807, 2.05) is 80.6 Å². The van der Waals surface area contributed by atoms with Crippen LogP contribution in [0.5, 0.6) is 0 Å². The van der Waals surface area contributed by atoms with Gasteiger partial charge in [-0.1, -0.05) is 18.2 Å². The number of fused-ring (bicyclic) bond motifs is 1. The van der Waals surface area contributed by atoms with Gasteiger partial charge in [-0.2, -0.15) is 5.10 Å². The molecule has 9 nitrogen and oxygen atoms in total. The van der Waals surface area contributed by atoms with Crippen LogP contribution in [-0.2, 0) is 4.74 Å². The number of para-hydroxylation sites is 2. The van der Waals surface area contributed by atoms with Crippen LogP contribution in [-0.4, -0.2) is 52.0 Å². The van der Waals surface area contributed by atoms with Gasteiger partial charge in [0.2, 0.25) is 0 Å². The third-order valence-corrected chi connectivity index (χ3v) is 6.65. The molecule has 3 aromatic carbocycles. The summed E-state index contributed by atoms with van der Waals surface area (Å²) in [5.41, 5.74) is 6.49. The standard InChI is InChI=1S/C30H29N7O2/c1-20-18-21(2)37(35-20)29-28(33-26-8-3-4-9-27(26)34-29)31-24-7-5-6-22(19-24)30(38)32-23-10-12-25(13-11-23)36-14-16-39-17-15-36/h3-13,18-19H,14-17H2,1-2H3,(H,31,33)(H,32,38). The van der Waals surface area contributed by atoms with Crippen molar-refractivity contribution in [1.82, 2.24) is 19.7 Å². The number of hydrogen-bond acceptors (Lipinski definition) is 7. The lowest BCUT2D eigenvalue weighted by atomic mass is 10.1. The largest absolute Gasteiger partial charge is 0.378 e. The Kier molecular flexibility index (Phi) is 6.64. The average Bonchev–Trinajstić information content (AvgIpc) is 3.31. The highest BCUT2D eigenvalue weighted by Crippen LogP contribution is 2.26. The molecule has 39 heavy (non-hydrogen) atoms. The molecule has 1 amide bonds. The second kappa shape index (κ2) is 10.5. The van der Waals surface area contributed by atoms with Crippen molar-refractivity contribution in [2.24, 2.45) is 0 Å². The number of morpholine rings is 1. The average molecular weight is 520 g/mol. The van der Waals surface area contributed by atoms with E-state index in [0.717, 1.165) is 65.8 Å². The van der Waals surface area contributed by atoms with Crippen LogP contribution >= 0.6 is 0 Å². The van der Waals surface area contributed by atoms with Crippen molar-refractivity contribution in [2.75, 3.05) is 41.8 Å². The summed E-state index contributed by atoms with van der Waals surface area (Å²) in [5.74, 6) is 0.951. The van der Waals surface area contributed by atoms with Gasteiger partial charge in [-0.25, -0.2) is 14.6 Å². The van der Waals surface area contributed by atoms with E-state index in [2.05, 4.69) is 20.6 Å². The number of anilines is 4. The predicted octanol–water partition coefficient (Wildman–Crippen LogP) is 5.26. The van der Waals surface area contributed by atoms with Crippen molar-refractivity contribution in [3.63, 3.8) is 0 Å². The number of benzene rings is 3. The molecule has 2 N–H and O–H groups in total. The highest BCUT2D eigenvalue weighted by atomic mass is 16.5. The molecule has 0 saturated carbocycles. The molecular weight excluding hydrogens is 490 g/mol. The van der Waals surface area contributed by atoms with Crippen LogP contribution in [0.25, 0.3) is 16.9 Å². The van der Waals surface area contributed by atoms with Crippen LogP contribution in [0.2, 0.25) is 0 Å². The van der Waals surface area contributed by atoms with E-state index in [4.69, 9.17) is 14.7 Å². The van der Waals surface area contributed by atoms with Gasteiger partial charge in [0, 0.05) is 41.4 Å². The van der Waals surface area contributed by atoms with Gasteiger partial charge < -0.3 is 20.3 Å². The molecule has 9 heteroatoms. The summed E-state index contributed by atoms with van der Waals surface area (Å²) < 4.78 is 7.22. The number of amides is 1. The molecule has 1 aliphatic heterocycles. The van der Waals surface area contributed by atoms with Gasteiger partial charge in [-0.05, 0) is 74.5 Å². The number of aromatic nitrogens is 4. The van der Waals surface area contributed by atoms with E-state index in [0.29, 0.717) is 17.2 Å². The minimum atomic E-state index is -0.193. The maximum atomic E-state index is 13.1. The Morgan fingerprint density at radius 3 is 2.31 bits per heavy atom. The summed E-state index contributed by atoms with van der Waals surface area (Å²) in [6, 6.07) is 25.0. The Morgan fingerprint density at radius 2 is 1.59 bits per heavy atom. The monoisotopic (exact) mass is 519 g/mol. The fourth-order valence-corrected chi connectivity index (χ4v) is 4.72. The number of nitrogens with zero attached hydrogens (tertiary/aromatic N) is 5. The Bertz CT molecular complexity index is 1640. The second-order valence-corrected chi connectivity index (χ2v) is 9.53. The lowest BCUT2D eigenvalue weighted by molar-refractivity contribution is 0.102. The fourth-order valence-electron chi connectivity index (χ4n) is 4.72. The van der Waals surface area contributed by atoms with Gasteiger partial charge in [0.25, 0.3) is 5.91 Å². The van der Waals surface area contributed by atoms with Crippen molar-refractivity contribution in [3.8, 4) is 5.82 Å². The zero-order valence-corrected chi connectivity index (χ0v) is 21.9. The first-order valence-corrected chi connectivity index (χ1v) is 13.0. The van der Waals surface area contributed by atoms with Crippen molar-refractivity contribution in [2.45, 2.75) is 13.8 Å². The minimum Gasteiger partial charge on any atom is -0.378 e. The third kappa shape index (κ3) is 5.30. The Hall–Kier alpha value is -4.76. The first kappa shape index (κ1) is 24.6. The van der Waals surface area contributed by atoms with Crippen molar-refractivity contribution in [3.05, 3.63) is 95.8 Å². The molecule has 2 aromatic heterocycles. The van der Waals surface area contributed by atoms with Crippen LogP contribution in [0.15, 0.2) is 78.9 Å². The molecule has 0 aliphatic carbocycles. The number of aryl methyl sites for hydroxylation is 2. The van der Waals surface area contributed by atoms with Crippen LogP contribution in [0.4, 0.5) is 22.9 Å². The Morgan fingerprint density at radius 1 is 0.846 bits per heavy atom. The van der Waals surface area contributed by atoms with E-state index in [1.54, 1.807) is 16.8 Å². The molecule has 0 atom stereocenters. The Balaban J connectivity index is 1.24. The molecule has 6 rings (SSSR count). The molecule has 0 spiro atoms. The molecule has 3 heterocycles. The summed E-state index contributed by atoms with van der Waals surface area (Å²) in [5, 5.41) is 11.0. The third-order valence-electron chi connectivity index (χ3n) is 6.65. The van der Waals surface area contributed by atoms with Gasteiger partial charge in [-0.15, -0.1) is 0 Å². The molecule has 196 valence electrons. The molecular formula is C30H29N7O2. The number of carbonyl (C=O) groups is 1. The van der Waals surface area contributed by atoms with Crippen LogP contribution < -0.4 is 15.5 Å². The van der Waals surface area contributed by atoms with Gasteiger partial charge >= 0.3 is 0 Å². The summed E-state index contributed by atoms with van der Waals surface area (Å²) >= 11 is 0. The predicted molar refractivity (Wildman–Crippen MR) is 153 cm³/mol. The van der Waals surface area contributed by atoms with Crippen LogP contribution in [0.3, 0.4) is 0 Å². The van der Waals surface area contributed by atoms with Gasteiger partial charge in [-0.3, -0.25) is 4.79 Å². The normalized spacial score (nSPS) is 13.4.